The quantitative estimate of drug-likeness (QED) is 0.558. The van der Waals surface area contributed by atoms with E-state index < -0.39 is 6.04 Å². The Bertz CT molecular complexity index is 219. The SMILES string of the molecule is CCCOCC(=O)N[C@@H]1CONC1=O. The molecule has 1 aliphatic rings. The third-order valence-electron chi connectivity index (χ3n) is 1.66. The molecule has 80 valence electrons. The highest BCUT2D eigenvalue weighted by Crippen LogP contribution is 1.93. The van der Waals surface area contributed by atoms with Gasteiger partial charge in [0.1, 0.15) is 19.3 Å². The number of carbonyl (C=O) groups excluding carboxylic acids is 2. The average molecular weight is 202 g/mol. The topological polar surface area (TPSA) is 76.7 Å². The van der Waals surface area contributed by atoms with Crippen LogP contribution in [0, 0.1) is 0 Å². The Morgan fingerprint density at radius 2 is 2.57 bits per heavy atom. The van der Waals surface area contributed by atoms with Gasteiger partial charge in [-0.05, 0) is 6.42 Å². The number of ether oxygens (including phenoxy) is 1. The second-order valence-corrected chi connectivity index (χ2v) is 2.95. The highest BCUT2D eigenvalue weighted by atomic mass is 16.7. The van der Waals surface area contributed by atoms with Crippen molar-refractivity contribution in [2.45, 2.75) is 19.4 Å². The van der Waals surface area contributed by atoms with Gasteiger partial charge < -0.3 is 10.1 Å². The Morgan fingerprint density at radius 3 is 3.14 bits per heavy atom. The van der Waals surface area contributed by atoms with Crippen LogP contribution in [0.25, 0.3) is 0 Å². The van der Waals surface area contributed by atoms with Crippen molar-refractivity contribution in [3.8, 4) is 0 Å². The Hall–Kier alpha value is -1.14. The van der Waals surface area contributed by atoms with Gasteiger partial charge in [0.05, 0.1) is 0 Å². The van der Waals surface area contributed by atoms with Gasteiger partial charge in [-0.2, -0.15) is 0 Å². The van der Waals surface area contributed by atoms with Crippen molar-refractivity contribution in [3.63, 3.8) is 0 Å². The number of nitrogens with one attached hydrogen (secondary N) is 2. The van der Waals surface area contributed by atoms with Gasteiger partial charge in [0, 0.05) is 6.61 Å². The molecule has 14 heavy (non-hydrogen) atoms. The van der Waals surface area contributed by atoms with E-state index in [1.807, 2.05) is 6.92 Å². The Kier molecular flexibility index (Phi) is 4.34. The van der Waals surface area contributed by atoms with Gasteiger partial charge in [0.15, 0.2) is 0 Å². The molecule has 6 nitrogen and oxygen atoms in total. The first-order valence-electron chi connectivity index (χ1n) is 4.52. The Morgan fingerprint density at radius 1 is 1.79 bits per heavy atom. The molecule has 2 amide bonds. The van der Waals surface area contributed by atoms with E-state index in [-0.39, 0.29) is 25.0 Å². The molecule has 0 radical (unpaired) electrons. The molecule has 0 aromatic rings. The molecule has 0 bridgehead atoms. The minimum absolute atomic E-state index is 0.0162. The lowest BCUT2D eigenvalue weighted by Gasteiger charge is -2.08. The summed E-state index contributed by atoms with van der Waals surface area (Å²) in [7, 11) is 0. The van der Waals surface area contributed by atoms with Crippen LogP contribution in [0.5, 0.6) is 0 Å². The lowest BCUT2D eigenvalue weighted by Crippen LogP contribution is -2.43. The number of amides is 2. The predicted molar refractivity (Wildman–Crippen MR) is 47.1 cm³/mol. The molecule has 1 heterocycles. The van der Waals surface area contributed by atoms with E-state index in [9.17, 15) is 9.59 Å². The van der Waals surface area contributed by atoms with Crippen molar-refractivity contribution < 1.29 is 19.2 Å². The van der Waals surface area contributed by atoms with E-state index in [1.54, 1.807) is 0 Å². The van der Waals surface area contributed by atoms with Crippen LogP contribution in [0.1, 0.15) is 13.3 Å². The molecule has 0 saturated carbocycles. The maximum absolute atomic E-state index is 11.1. The monoisotopic (exact) mass is 202 g/mol. The third kappa shape index (κ3) is 3.31. The maximum Gasteiger partial charge on any atom is 0.268 e. The third-order valence-corrected chi connectivity index (χ3v) is 1.66. The minimum atomic E-state index is -0.590. The Labute approximate surface area is 81.9 Å². The van der Waals surface area contributed by atoms with Gasteiger partial charge in [-0.1, -0.05) is 6.92 Å². The summed E-state index contributed by atoms with van der Waals surface area (Å²) in [5.74, 6) is -0.627. The molecule has 1 saturated heterocycles. The molecule has 2 N–H and O–H groups in total. The van der Waals surface area contributed by atoms with Gasteiger partial charge in [-0.15, -0.1) is 0 Å². The van der Waals surface area contributed by atoms with E-state index in [2.05, 4.69) is 15.6 Å². The normalized spacial score (nSPS) is 20.6. The van der Waals surface area contributed by atoms with E-state index in [0.717, 1.165) is 6.42 Å². The summed E-state index contributed by atoms with van der Waals surface area (Å²) in [6, 6.07) is -0.590. The molecule has 6 heteroatoms. The molecule has 0 aromatic heterocycles. The first-order chi connectivity index (χ1) is 6.74. The van der Waals surface area contributed by atoms with E-state index in [4.69, 9.17) is 4.74 Å². The van der Waals surface area contributed by atoms with Crippen LogP contribution in [-0.2, 0) is 19.2 Å². The van der Waals surface area contributed by atoms with Crippen molar-refractivity contribution in [2.24, 2.45) is 0 Å². The van der Waals surface area contributed by atoms with Crippen LogP contribution in [-0.4, -0.2) is 37.7 Å². The van der Waals surface area contributed by atoms with Crippen LogP contribution < -0.4 is 10.8 Å². The first-order valence-corrected chi connectivity index (χ1v) is 4.52. The number of hydroxylamine groups is 1. The fraction of sp³-hybridized carbons (Fsp3) is 0.750. The molecular formula is C8H14N2O4. The van der Waals surface area contributed by atoms with Gasteiger partial charge in [-0.25, -0.2) is 5.48 Å². The van der Waals surface area contributed by atoms with Gasteiger partial charge >= 0.3 is 0 Å². The van der Waals surface area contributed by atoms with Crippen molar-refractivity contribution >= 4 is 11.8 Å². The van der Waals surface area contributed by atoms with E-state index in [0.29, 0.717) is 6.61 Å². The van der Waals surface area contributed by atoms with Crippen molar-refractivity contribution in [2.75, 3.05) is 19.8 Å². The highest BCUT2D eigenvalue weighted by Gasteiger charge is 2.26. The first kappa shape index (κ1) is 10.9. The number of hydrogen-bond acceptors (Lipinski definition) is 4. The van der Waals surface area contributed by atoms with E-state index >= 15 is 0 Å². The second-order valence-electron chi connectivity index (χ2n) is 2.95. The summed E-state index contributed by atoms with van der Waals surface area (Å²) in [6.45, 7) is 2.65. The molecule has 0 unspecified atom stereocenters. The zero-order valence-corrected chi connectivity index (χ0v) is 8.04. The maximum atomic E-state index is 11.1. The molecule has 1 atom stereocenters. The van der Waals surface area contributed by atoms with Crippen LogP contribution in [0.3, 0.4) is 0 Å². The summed E-state index contributed by atoms with van der Waals surface area (Å²) < 4.78 is 5.01. The fourth-order valence-corrected chi connectivity index (χ4v) is 0.995. The Balaban J connectivity index is 2.16. The molecule has 1 rings (SSSR count). The highest BCUT2D eigenvalue weighted by molar-refractivity contribution is 5.88. The molecule has 1 fully saturated rings. The lowest BCUT2D eigenvalue weighted by molar-refractivity contribution is -0.130. The number of hydrogen-bond donors (Lipinski definition) is 2. The lowest BCUT2D eigenvalue weighted by atomic mass is 10.3. The minimum Gasteiger partial charge on any atom is -0.372 e. The van der Waals surface area contributed by atoms with Crippen LogP contribution >= 0.6 is 0 Å². The summed E-state index contributed by atoms with van der Waals surface area (Å²) >= 11 is 0. The van der Waals surface area contributed by atoms with Crippen LogP contribution in [0.2, 0.25) is 0 Å². The standard InChI is InChI=1S/C8H14N2O4/c1-2-3-13-5-7(11)9-6-4-14-10-8(6)12/h6H,2-5H2,1H3,(H,9,11)(H,10,12)/t6-/m1/s1. The second kappa shape index (κ2) is 5.56. The largest absolute Gasteiger partial charge is 0.372 e. The number of carbonyl (C=O) groups is 2. The van der Waals surface area contributed by atoms with Crippen LogP contribution in [0.4, 0.5) is 0 Å². The molecule has 0 spiro atoms. The fourth-order valence-electron chi connectivity index (χ4n) is 0.995. The summed E-state index contributed by atoms with van der Waals surface area (Å²) in [4.78, 5) is 26.7. The summed E-state index contributed by atoms with van der Waals surface area (Å²) in [6.07, 6.45) is 0.861. The summed E-state index contributed by atoms with van der Waals surface area (Å²) in [5, 5.41) is 2.49. The molecule has 0 aliphatic carbocycles. The zero-order valence-electron chi connectivity index (χ0n) is 8.04. The van der Waals surface area contributed by atoms with Gasteiger partial charge in [-0.3, -0.25) is 14.4 Å². The summed E-state index contributed by atoms with van der Waals surface area (Å²) in [5.41, 5.74) is 2.15. The average Bonchev–Trinajstić information content (AvgIpc) is 2.52. The van der Waals surface area contributed by atoms with Crippen molar-refractivity contribution in [1.82, 2.24) is 10.8 Å². The van der Waals surface area contributed by atoms with Gasteiger partial charge in [0.25, 0.3) is 5.91 Å². The smallest absolute Gasteiger partial charge is 0.268 e. The molecule has 0 aromatic carbocycles. The molecule has 1 aliphatic heterocycles. The number of rotatable bonds is 5. The predicted octanol–water partition coefficient (Wildman–Crippen LogP) is -1.04. The van der Waals surface area contributed by atoms with Crippen molar-refractivity contribution in [3.05, 3.63) is 0 Å². The van der Waals surface area contributed by atoms with Crippen molar-refractivity contribution in [1.29, 1.82) is 0 Å². The zero-order chi connectivity index (χ0) is 10.4. The van der Waals surface area contributed by atoms with Crippen LogP contribution in [0.15, 0.2) is 0 Å². The van der Waals surface area contributed by atoms with Gasteiger partial charge in [0.2, 0.25) is 5.91 Å². The molecular weight excluding hydrogens is 188 g/mol. The van der Waals surface area contributed by atoms with E-state index in [1.165, 1.54) is 0 Å².